The molecule has 5 nitrogen and oxygen atoms in total. The van der Waals surface area contributed by atoms with E-state index in [2.05, 4.69) is 0 Å². The molecule has 2 rings (SSSR count). The summed E-state index contributed by atoms with van der Waals surface area (Å²) in [5, 5.41) is 9.40. The second-order valence-corrected chi connectivity index (χ2v) is 7.03. The molecule has 3 atom stereocenters. The molecule has 0 radical (unpaired) electrons. The first-order chi connectivity index (χ1) is 9.28. The van der Waals surface area contributed by atoms with Crippen molar-refractivity contribution in [1.82, 2.24) is 4.90 Å². The Kier molecular flexibility index (Phi) is 4.25. The van der Waals surface area contributed by atoms with Crippen LogP contribution in [0, 0.1) is 11.8 Å². The Morgan fingerprint density at radius 2 is 1.75 bits per heavy atom. The minimum absolute atomic E-state index is 0.437. The zero-order valence-electron chi connectivity index (χ0n) is 12.6. The van der Waals surface area contributed by atoms with E-state index in [0.717, 1.165) is 12.8 Å². The minimum atomic E-state index is -0.917. The highest BCUT2D eigenvalue weighted by Crippen LogP contribution is 2.39. The van der Waals surface area contributed by atoms with Crippen LogP contribution in [-0.4, -0.2) is 40.3 Å². The lowest BCUT2D eigenvalue weighted by Crippen LogP contribution is -2.55. The Bertz CT molecular complexity index is 388. The van der Waals surface area contributed by atoms with Crippen molar-refractivity contribution in [3.05, 3.63) is 0 Å². The first kappa shape index (κ1) is 15.1. The van der Waals surface area contributed by atoms with Gasteiger partial charge in [0.15, 0.2) is 0 Å². The number of carboxylic acids is 1. The Morgan fingerprint density at radius 1 is 1.15 bits per heavy atom. The van der Waals surface area contributed by atoms with Crippen LogP contribution in [0.2, 0.25) is 0 Å². The molecule has 0 unspecified atom stereocenters. The van der Waals surface area contributed by atoms with Crippen LogP contribution in [0.25, 0.3) is 0 Å². The predicted molar refractivity (Wildman–Crippen MR) is 74.4 cm³/mol. The molecule has 1 N–H and O–H groups in total. The number of hydrogen-bond acceptors (Lipinski definition) is 3. The van der Waals surface area contributed by atoms with Crippen LogP contribution in [0.4, 0.5) is 4.79 Å². The maximum Gasteiger partial charge on any atom is 0.411 e. The second-order valence-electron chi connectivity index (χ2n) is 7.03. The summed E-state index contributed by atoms with van der Waals surface area (Å²) >= 11 is 0. The Labute approximate surface area is 120 Å². The summed E-state index contributed by atoms with van der Waals surface area (Å²) in [5.74, 6) is -0.0321. The van der Waals surface area contributed by atoms with Gasteiger partial charge in [0.2, 0.25) is 0 Å². The molecule has 0 bridgehead atoms. The lowest BCUT2D eigenvalue weighted by molar-refractivity contribution is -0.146. The van der Waals surface area contributed by atoms with E-state index in [4.69, 9.17) is 4.74 Å². The number of rotatable bonds is 1. The maximum absolute atomic E-state index is 12.2. The molecule has 1 heterocycles. The number of carbonyl (C=O) groups is 2. The van der Waals surface area contributed by atoms with E-state index in [-0.39, 0.29) is 0 Å². The van der Waals surface area contributed by atoms with E-state index >= 15 is 0 Å². The lowest BCUT2D eigenvalue weighted by Gasteiger charge is -2.44. The fraction of sp³-hybridized carbons (Fsp3) is 0.867. The first-order valence-corrected chi connectivity index (χ1v) is 7.50. The molecule has 20 heavy (non-hydrogen) atoms. The number of piperidine rings is 1. The number of likely N-dealkylation sites (tertiary alicyclic amines) is 1. The van der Waals surface area contributed by atoms with Crippen LogP contribution in [0.5, 0.6) is 0 Å². The van der Waals surface area contributed by atoms with E-state index in [1.165, 1.54) is 17.7 Å². The normalized spacial score (nSPS) is 30.6. The average Bonchev–Trinajstić information content (AvgIpc) is 2.35. The molecular weight excluding hydrogens is 258 g/mol. The highest BCUT2D eigenvalue weighted by molar-refractivity contribution is 5.80. The van der Waals surface area contributed by atoms with Gasteiger partial charge >= 0.3 is 12.1 Å². The van der Waals surface area contributed by atoms with Gasteiger partial charge in [0, 0.05) is 6.54 Å². The fourth-order valence-electron chi connectivity index (χ4n) is 3.39. The number of fused-ring (bicyclic) bond motifs is 1. The van der Waals surface area contributed by atoms with E-state index in [0.29, 0.717) is 24.8 Å². The standard InChI is InChI=1S/C15H25NO4/c1-15(2,3)20-14(19)16-9-11-7-5-4-6-10(11)8-12(16)13(17)18/h10-12H,4-9H2,1-3H3,(H,17,18)/t10-,11+,12-/m0/s1. The fourth-order valence-corrected chi connectivity index (χ4v) is 3.39. The van der Waals surface area contributed by atoms with Gasteiger partial charge in [-0.1, -0.05) is 19.3 Å². The summed E-state index contributed by atoms with van der Waals surface area (Å²) in [6, 6.07) is -0.732. The van der Waals surface area contributed by atoms with Crippen LogP contribution in [0.3, 0.4) is 0 Å². The topological polar surface area (TPSA) is 66.8 Å². The molecule has 5 heteroatoms. The third kappa shape index (κ3) is 3.44. The quantitative estimate of drug-likeness (QED) is 0.803. The Balaban J connectivity index is 2.11. The summed E-state index contributed by atoms with van der Waals surface area (Å²) in [7, 11) is 0. The molecule has 1 saturated heterocycles. The smallest absolute Gasteiger partial charge is 0.411 e. The summed E-state index contributed by atoms with van der Waals surface area (Å²) < 4.78 is 5.36. The molecule has 1 aliphatic heterocycles. The molecule has 1 aliphatic carbocycles. The van der Waals surface area contributed by atoms with E-state index in [1.807, 2.05) is 0 Å². The first-order valence-electron chi connectivity index (χ1n) is 7.50. The number of carboxylic acid groups (broad SMARTS) is 1. The van der Waals surface area contributed by atoms with Gasteiger partial charge in [-0.15, -0.1) is 0 Å². The maximum atomic E-state index is 12.2. The molecule has 0 aromatic carbocycles. The van der Waals surface area contributed by atoms with Gasteiger partial charge in [0.05, 0.1) is 0 Å². The third-order valence-electron chi connectivity index (χ3n) is 4.31. The monoisotopic (exact) mass is 283 g/mol. The summed E-state index contributed by atoms with van der Waals surface area (Å²) in [6.45, 7) is 5.92. The van der Waals surface area contributed by atoms with Crippen molar-refractivity contribution < 1.29 is 19.4 Å². The third-order valence-corrected chi connectivity index (χ3v) is 4.31. The predicted octanol–water partition coefficient (Wildman–Crippen LogP) is 2.89. The van der Waals surface area contributed by atoms with Crippen LogP contribution in [-0.2, 0) is 9.53 Å². The summed E-state index contributed by atoms with van der Waals surface area (Å²) in [6.07, 6.45) is 4.63. The Hall–Kier alpha value is -1.26. The second kappa shape index (κ2) is 5.62. The van der Waals surface area contributed by atoms with Crippen molar-refractivity contribution >= 4 is 12.1 Å². The number of aliphatic carboxylic acids is 1. The molecule has 114 valence electrons. The largest absolute Gasteiger partial charge is 0.480 e. The van der Waals surface area contributed by atoms with Crippen LogP contribution < -0.4 is 0 Å². The molecule has 0 spiro atoms. The summed E-state index contributed by atoms with van der Waals surface area (Å²) in [5.41, 5.74) is -0.594. The van der Waals surface area contributed by atoms with Crippen LogP contribution in [0.15, 0.2) is 0 Å². The number of hydrogen-bond donors (Lipinski definition) is 1. The lowest BCUT2D eigenvalue weighted by atomic mass is 9.73. The Morgan fingerprint density at radius 3 is 2.30 bits per heavy atom. The van der Waals surface area contributed by atoms with Gasteiger partial charge < -0.3 is 9.84 Å². The van der Waals surface area contributed by atoms with Crippen molar-refractivity contribution in [3.8, 4) is 0 Å². The van der Waals surface area contributed by atoms with Gasteiger partial charge in [-0.3, -0.25) is 4.90 Å². The van der Waals surface area contributed by atoms with Crippen LogP contribution >= 0.6 is 0 Å². The number of nitrogens with zero attached hydrogens (tertiary/aromatic N) is 1. The van der Waals surface area contributed by atoms with Gasteiger partial charge in [0.25, 0.3) is 0 Å². The number of ether oxygens (including phenoxy) is 1. The van der Waals surface area contributed by atoms with E-state index in [1.54, 1.807) is 20.8 Å². The molecule has 2 aliphatic rings. The zero-order valence-corrected chi connectivity index (χ0v) is 12.6. The SMILES string of the molecule is CC(C)(C)OC(=O)N1C[C@H]2CCCC[C@H]2C[C@H]1C(=O)O. The van der Waals surface area contributed by atoms with E-state index < -0.39 is 23.7 Å². The van der Waals surface area contributed by atoms with E-state index in [9.17, 15) is 14.7 Å². The highest BCUT2D eigenvalue weighted by Gasteiger charge is 2.43. The molecule has 0 aromatic rings. The number of carbonyl (C=O) groups excluding carboxylic acids is 1. The van der Waals surface area contributed by atoms with Gasteiger partial charge in [0.1, 0.15) is 11.6 Å². The average molecular weight is 283 g/mol. The molecule has 2 fully saturated rings. The van der Waals surface area contributed by atoms with Crippen molar-refractivity contribution in [2.24, 2.45) is 11.8 Å². The van der Waals surface area contributed by atoms with Crippen molar-refractivity contribution in [1.29, 1.82) is 0 Å². The molecule has 1 saturated carbocycles. The van der Waals surface area contributed by atoms with Crippen molar-refractivity contribution in [2.45, 2.75) is 64.5 Å². The minimum Gasteiger partial charge on any atom is -0.480 e. The van der Waals surface area contributed by atoms with Gasteiger partial charge in [-0.2, -0.15) is 0 Å². The van der Waals surface area contributed by atoms with Crippen molar-refractivity contribution in [2.75, 3.05) is 6.54 Å². The van der Waals surface area contributed by atoms with Crippen molar-refractivity contribution in [3.63, 3.8) is 0 Å². The van der Waals surface area contributed by atoms with Crippen LogP contribution in [0.1, 0.15) is 52.9 Å². The van der Waals surface area contributed by atoms with Gasteiger partial charge in [-0.05, 0) is 45.4 Å². The number of amides is 1. The molecule has 1 amide bonds. The molecule has 0 aromatic heterocycles. The zero-order chi connectivity index (χ0) is 14.9. The summed E-state index contributed by atoms with van der Waals surface area (Å²) in [4.78, 5) is 25.1. The van der Waals surface area contributed by atoms with Gasteiger partial charge in [-0.25, -0.2) is 9.59 Å². The highest BCUT2D eigenvalue weighted by atomic mass is 16.6. The molecular formula is C15H25NO4.